The van der Waals surface area contributed by atoms with Gasteiger partial charge in [-0.25, -0.2) is 15.4 Å². The molecule has 2 heterocycles. The number of rotatable bonds is 3. The SMILES string of the molecule is c1ccc2sc(/N=N/Nc3nc4ccccc4s3)nc2c1. The maximum atomic E-state index is 4.42. The Kier molecular flexibility index (Phi) is 3.06. The molecule has 0 unspecified atom stereocenters. The summed E-state index contributed by atoms with van der Waals surface area (Å²) in [5.74, 6) is 0. The molecule has 0 saturated heterocycles. The molecule has 2 aromatic carbocycles. The van der Waals surface area contributed by atoms with Crippen LogP contribution < -0.4 is 5.43 Å². The van der Waals surface area contributed by atoms with Crippen molar-refractivity contribution in [1.82, 2.24) is 9.97 Å². The molecule has 0 aliphatic heterocycles. The van der Waals surface area contributed by atoms with Gasteiger partial charge in [0.05, 0.1) is 20.4 Å². The number of hydrogen-bond donors (Lipinski definition) is 1. The Morgan fingerprint density at radius 3 is 2.19 bits per heavy atom. The van der Waals surface area contributed by atoms with Crippen molar-refractivity contribution in [1.29, 1.82) is 0 Å². The molecule has 0 radical (unpaired) electrons. The summed E-state index contributed by atoms with van der Waals surface area (Å²) in [4.78, 5) is 8.81. The average Bonchev–Trinajstić information content (AvgIpc) is 3.09. The van der Waals surface area contributed by atoms with Gasteiger partial charge in [0.2, 0.25) is 10.3 Å². The largest absolute Gasteiger partial charge is 0.234 e. The smallest absolute Gasteiger partial charge is 0.232 e. The van der Waals surface area contributed by atoms with Crippen molar-refractivity contribution in [3.05, 3.63) is 48.5 Å². The van der Waals surface area contributed by atoms with Crippen LogP contribution in [0.25, 0.3) is 20.4 Å². The van der Waals surface area contributed by atoms with E-state index in [4.69, 9.17) is 0 Å². The monoisotopic (exact) mass is 311 g/mol. The van der Waals surface area contributed by atoms with Gasteiger partial charge >= 0.3 is 0 Å². The second-order valence-electron chi connectivity index (χ2n) is 4.26. The van der Waals surface area contributed by atoms with E-state index >= 15 is 0 Å². The number of nitrogens with one attached hydrogen (secondary N) is 1. The third kappa shape index (κ3) is 2.48. The standard InChI is InChI=1S/C14H9N5S2/c1-3-7-11-9(5-1)15-13(20-11)17-19-18-14-16-10-6-2-4-8-12(10)21-14/h1-8H,(H,15,16,17,18). The molecule has 21 heavy (non-hydrogen) atoms. The molecule has 1 N–H and O–H groups in total. The highest BCUT2D eigenvalue weighted by Gasteiger charge is 2.03. The van der Waals surface area contributed by atoms with Crippen LogP contribution in [0, 0.1) is 0 Å². The predicted molar refractivity (Wildman–Crippen MR) is 87.4 cm³/mol. The molecule has 102 valence electrons. The van der Waals surface area contributed by atoms with E-state index in [9.17, 15) is 0 Å². The van der Waals surface area contributed by atoms with Gasteiger partial charge in [0.15, 0.2) is 0 Å². The quantitative estimate of drug-likeness (QED) is 0.427. The topological polar surface area (TPSA) is 62.5 Å². The zero-order chi connectivity index (χ0) is 14.1. The lowest BCUT2D eigenvalue weighted by molar-refractivity contribution is 1.11. The van der Waals surface area contributed by atoms with Crippen LogP contribution in [-0.4, -0.2) is 9.97 Å². The molecule has 0 amide bonds. The first-order valence-corrected chi connectivity index (χ1v) is 7.90. The van der Waals surface area contributed by atoms with E-state index in [1.807, 2.05) is 48.5 Å². The van der Waals surface area contributed by atoms with E-state index in [1.165, 1.54) is 11.3 Å². The minimum atomic E-state index is 0.629. The van der Waals surface area contributed by atoms with Crippen molar-refractivity contribution in [3.8, 4) is 0 Å². The van der Waals surface area contributed by atoms with Crippen LogP contribution in [0.4, 0.5) is 10.3 Å². The van der Waals surface area contributed by atoms with Gasteiger partial charge in [-0.2, -0.15) is 0 Å². The van der Waals surface area contributed by atoms with E-state index < -0.39 is 0 Å². The predicted octanol–water partition coefficient (Wildman–Crippen LogP) is 5.02. The Hall–Kier alpha value is -2.38. The fraction of sp³-hybridized carbons (Fsp3) is 0. The van der Waals surface area contributed by atoms with Crippen LogP contribution in [0.3, 0.4) is 0 Å². The molecule has 0 fully saturated rings. The lowest BCUT2D eigenvalue weighted by Gasteiger charge is -1.88. The molecule has 7 heteroatoms. The minimum absolute atomic E-state index is 0.629. The fourth-order valence-electron chi connectivity index (χ4n) is 1.93. The zero-order valence-corrected chi connectivity index (χ0v) is 12.4. The number of hydrogen-bond acceptors (Lipinski definition) is 6. The number of anilines is 1. The van der Waals surface area contributed by atoms with E-state index in [0.717, 1.165) is 25.6 Å². The van der Waals surface area contributed by atoms with Crippen molar-refractivity contribution in [2.75, 3.05) is 5.43 Å². The van der Waals surface area contributed by atoms with Gasteiger partial charge in [-0.15, -0.1) is 5.11 Å². The Morgan fingerprint density at radius 1 is 0.810 bits per heavy atom. The van der Waals surface area contributed by atoms with Crippen molar-refractivity contribution in [2.24, 2.45) is 10.3 Å². The summed E-state index contributed by atoms with van der Waals surface area (Å²) in [6.07, 6.45) is 0. The van der Waals surface area contributed by atoms with E-state index in [2.05, 4.69) is 25.7 Å². The van der Waals surface area contributed by atoms with Crippen molar-refractivity contribution >= 4 is 53.4 Å². The summed E-state index contributed by atoms with van der Waals surface area (Å²) >= 11 is 3.05. The molecular formula is C14H9N5S2. The lowest BCUT2D eigenvalue weighted by Crippen LogP contribution is -1.83. The minimum Gasteiger partial charge on any atom is -0.234 e. The van der Waals surface area contributed by atoms with Crippen molar-refractivity contribution < 1.29 is 0 Å². The molecule has 0 aliphatic rings. The van der Waals surface area contributed by atoms with Gasteiger partial charge in [0.25, 0.3) is 0 Å². The van der Waals surface area contributed by atoms with E-state index in [-0.39, 0.29) is 0 Å². The third-order valence-electron chi connectivity index (χ3n) is 2.86. The number of fused-ring (bicyclic) bond motifs is 2. The Morgan fingerprint density at radius 2 is 1.48 bits per heavy atom. The summed E-state index contributed by atoms with van der Waals surface area (Å²) in [6.45, 7) is 0. The van der Waals surface area contributed by atoms with E-state index in [1.54, 1.807) is 11.3 Å². The number of benzene rings is 2. The third-order valence-corrected chi connectivity index (χ3v) is 4.72. The van der Waals surface area contributed by atoms with Crippen molar-refractivity contribution in [3.63, 3.8) is 0 Å². The molecule has 0 atom stereocenters. The van der Waals surface area contributed by atoms with Gasteiger partial charge in [-0.1, -0.05) is 52.2 Å². The number of aromatic nitrogens is 2. The number of para-hydroxylation sites is 2. The molecular weight excluding hydrogens is 302 g/mol. The second kappa shape index (κ2) is 5.19. The van der Waals surface area contributed by atoms with Crippen LogP contribution in [0.2, 0.25) is 0 Å². The Bertz CT molecular complexity index is 875. The van der Waals surface area contributed by atoms with Gasteiger partial charge in [0, 0.05) is 0 Å². The zero-order valence-electron chi connectivity index (χ0n) is 10.7. The van der Waals surface area contributed by atoms with Gasteiger partial charge < -0.3 is 0 Å². The van der Waals surface area contributed by atoms with Gasteiger partial charge in [0.1, 0.15) is 0 Å². The molecule has 0 aliphatic carbocycles. The highest BCUT2D eigenvalue weighted by Crippen LogP contribution is 2.28. The molecule has 5 nitrogen and oxygen atoms in total. The summed E-state index contributed by atoms with van der Waals surface area (Å²) in [6, 6.07) is 15.9. The maximum absolute atomic E-state index is 4.42. The Labute approximate surface area is 128 Å². The first-order chi connectivity index (χ1) is 10.4. The van der Waals surface area contributed by atoms with E-state index in [0.29, 0.717) is 5.13 Å². The highest BCUT2D eigenvalue weighted by molar-refractivity contribution is 7.22. The van der Waals surface area contributed by atoms with Gasteiger partial charge in [-0.3, -0.25) is 0 Å². The summed E-state index contributed by atoms with van der Waals surface area (Å²) in [7, 11) is 0. The molecule has 4 rings (SSSR count). The molecule has 0 bridgehead atoms. The first-order valence-electron chi connectivity index (χ1n) is 6.26. The Balaban J connectivity index is 1.55. The molecule has 0 saturated carbocycles. The van der Waals surface area contributed by atoms with Crippen LogP contribution in [0.5, 0.6) is 0 Å². The van der Waals surface area contributed by atoms with Crippen LogP contribution in [0.15, 0.2) is 58.9 Å². The second-order valence-corrected chi connectivity index (χ2v) is 6.30. The lowest BCUT2D eigenvalue weighted by atomic mass is 10.3. The molecule has 4 aromatic rings. The summed E-state index contributed by atoms with van der Waals surface area (Å²) in [5.41, 5.74) is 4.76. The average molecular weight is 311 g/mol. The first kappa shape index (κ1) is 12.4. The number of thiazole rings is 2. The summed E-state index contributed by atoms with van der Waals surface area (Å²) < 4.78 is 2.22. The maximum Gasteiger partial charge on any atom is 0.232 e. The van der Waals surface area contributed by atoms with Crippen molar-refractivity contribution in [2.45, 2.75) is 0 Å². The highest BCUT2D eigenvalue weighted by atomic mass is 32.1. The normalized spacial score (nSPS) is 11.6. The summed E-state index contributed by atoms with van der Waals surface area (Å²) in [5, 5.41) is 9.42. The van der Waals surface area contributed by atoms with Crippen LogP contribution in [-0.2, 0) is 0 Å². The molecule has 2 aromatic heterocycles. The fourth-order valence-corrected chi connectivity index (χ4v) is 3.52. The molecule has 0 spiro atoms. The van der Waals surface area contributed by atoms with Crippen LogP contribution in [0.1, 0.15) is 0 Å². The number of nitrogens with zero attached hydrogens (tertiary/aromatic N) is 4. The van der Waals surface area contributed by atoms with Crippen LogP contribution >= 0.6 is 22.7 Å². The van der Waals surface area contributed by atoms with Gasteiger partial charge in [-0.05, 0) is 24.3 Å².